The van der Waals surface area contributed by atoms with E-state index in [2.05, 4.69) is 13.8 Å². The highest BCUT2D eigenvalue weighted by atomic mass is 16.7. The summed E-state index contributed by atoms with van der Waals surface area (Å²) in [4.78, 5) is 13.0. The van der Waals surface area contributed by atoms with Gasteiger partial charge >= 0.3 is 5.97 Å². The fourth-order valence-electron chi connectivity index (χ4n) is 9.11. The molecule has 14 nitrogen and oxygen atoms in total. The van der Waals surface area contributed by atoms with Crippen LogP contribution in [-0.2, 0) is 33.2 Å². The molecule has 0 saturated carbocycles. The molecule has 0 amide bonds. The first-order chi connectivity index (χ1) is 32.6. The van der Waals surface area contributed by atoms with Crippen LogP contribution in [0.4, 0.5) is 0 Å². The van der Waals surface area contributed by atoms with Crippen LogP contribution in [0.3, 0.4) is 0 Å². The van der Waals surface area contributed by atoms with E-state index >= 15 is 0 Å². The van der Waals surface area contributed by atoms with Crippen LogP contribution in [0.5, 0.6) is 0 Å². The Balaban J connectivity index is 1.72. The smallest absolute Gasteiger partial charge is 0.306 e. The second-order valence-corrected chi connectivity index (χ2v) is 19.8. The van der Waals surface area contributed by atoms with E-state index in [0.29, 0.717) is 6.61 Å². The van der Waals surface area contributed by atoms with Crippen molar-refractivity contribution in [3.05, 3.63) is 0 Å². The number of hydrogen-bond acceptors (Lipinski definition) is 14. The minimum Gasteiger partial charge on any atom is -0.457 e. The lowest BCUT2D eigenvalue weighted by Crippen LogP contribution is -2.61. The van der Waals surface area contributed by atoms with Gasteiger partial charge in [0.2, 0.25) is 0 Å². The van der Waals surface area contributed by atoms with Gasteiger partial charge in [-0.05, 0) is 12.8 Å². The Kier molecular flexibility index (Phi) is 38.6. The Morgan fingerprint density at radius 3 is 1.21 bits per heavy atom. The summed E-state index contributed by atoms with van der Waals surface area (Å²) in [6.45, 7) is 3.74. The van der Waals surface area contributed by atoms with Crippen LogP contribution < -0.4 is 0 Å². The maximum absolute atomic E-state index is 13.0. The third-order valence-corrected chi connectivity index (χ3v) is 13.6. The Bertz CT molecular complexity index is 1120. The normalized spacial score (nSPS) is 26.0. The highest BCUT2D eigenvalue weighted by Crippen LogP contribution is 2.27. The fraction of sp³-hybridized carbons (Fsp3) is 0.981. The Labute approximate surface area is 406 Å². The number of aliphatic hydroxyl groups excluding tert-OH is 7. The lowest BCUT2D eigenvalue weighted by Gasteiger charge is -2.42. The molecule has 0 bridgehead atoms. The Hall–Kier alpha value is -1.01. The molecule has 0 aromatic rings. The Morgan fingerprint density at radius 1 is 0.433 bits per heavy atom. The van der Waals surface area contributed by atoms with Gasteiger partial charge in [-0.25, -0.2) is 0 Å². The summed E-state index contributed by atoms with van der Waals surface area (Å²) < 4.78 is 34.3. The molecule has 0 aromatic heterocycles. The van der Waals surface area contributed by atoms with Crippen molar-refractivity contribution >= 4 is 5.97 Å². The second-order valence-electron chi connectivity index (χ2n) is 19.8. The molecule has 0 aromatic carbocycles. The molecule has 0 aliphatic carbocycles. The first kappa shape index (κ1) is 62.1. The lowest BCUT2D eigenvalue weighted by molar-refractivity contribution is -0.332. The molecule has 2 rings (SSSR count). The monoisotopic (exact) mass is 963 g/mol. The quantitative estimate of drug-likeness (QED) is 0.0224. The first-order valence-corrected chi connectivity index (χ1v) is 27.6. The number of aliphatic hydroxyl groups is 7. The van der Waals surface area contributed by atoms with E-state index in [0.717, 1.165) is 44.9 Å². The molecule has 2 aliphatic heterocycles. The average Bonchev–Trinajstić information content (AvgIpc) is 3.32. The molecule has 14 heteroatoms. The number of ether oxygens (including phenoxy) is 6. The molecule has 2 aliphatic rings. The van der Waals surface area contributed by atoms with Crippen molar-refractivity contribution < 1.29 is 69.0 Å². The molecule has 7 N–H and O–H groups in total. The zero-order valence-electron chi connectivity index (χ0n) is 42.4. The van der Waals surface area contributed by atoms with Crippen LogP contribution in [-0.4, -0.2) is 142 Å². The van der Waals surface area contributed by atoms with Gasteiger partial charge in [0.1, 0.15) is 54.9 Å². The van der Waals surface area contributed by atoms with Gasteiger partial charge in [-0.2, -0.15) is 0 Å². The molecule has 2 saturated heterocycles. The zero-order chi connectivity index (χ0) is 48.7. The molecule has 67 heavy (non-hydrogen) atoms. The summed E-state index contributed by atoms with van der Waals surface area (Å²) in [6.07, 6.45) is 25.9. The van der Waals surface area contributed by atoms with Crippen molar-refractivity contribution in [2.24, 2.45) is 0 Å². The number of rotatable bonds is 45. The molecule has 0 radical (unpaired) electrons. The molecule has 0 spiro atoms. The standard InChI is InChI=1S/C53H102O14/c1-3-5-7-9-11-13-15-17-18-19-20-21-22-23-24-26-28-30-32-34-36-45(55)65-42(39-62-37-35-33-31-29-27-25-16-14-12-10-8-6-4-2)40-63-52-51(61)49(59)47(57)44(67-52)41-64-53-50(60)48(58)46(56)43(38-54)66-53/h42-44,46-54,56-61H,3-41H2,1-2H3. The van der Waals surface area contributed by atoms with Crippen LogP contribution in [0.1, 0.15) is 232 Å². The zero-order valence-corrected chi connectivity index (χ0v) is 42.4. The maximum Gasteiger partial charge on any atom is 0.306 e. The summed E-state index contributed by atoms with van der Waals surface area (Å²) in [6, 6.07) is 0. The van der Waals surface area contributed by atoms with Gasteiger partial charge in [0.05, 0.1) is 26.4 Å². The molecule has 11 unspecified atom stereocenters. The topological polar surface area (TPSA) is 214 Å². The van der Waals surface area contributed by atoms with Gasteiger partial charge in [-0.15, -0.1) is 0 Å². The molecule has 11 atom stereocenters. The van der Waals surface area contributed by atoms with E-state index in [-0.39, 0.29) is 25.6 Å². The predicted octanol–water partition coefficient (Wildman–Crippen LogP) is 8.86. The van der Waals surface area contributed by atoms with Crippen LogP contribution >= 0.6 is 0 Å². The number of hydrogen-bond donors (Lipinski definition) is 7. The maximum atomic E-state index is 13.0. The van der Waals surface area contributed by atoms with E-state index < -0.39 is 80.7 Å². The van der Waals surface area contributed by atoms with Crippen molar-refractivity contribution in [1.29, 1.82) is 0 Å². The molecule has 2 heterocycles. The van der Waals surface area contributed by atoms with Crippen molar-refractivity contribution in [2.45, 2.75) is 300 Å². The van der Waals surface area contributed by atoms with Crippen LogP contribution in [0.15, 0.2) is 0 Å². The highest BCUT2D eigenvalue weighted by Gasteiger charge is 2.47. The van der Waals surface area contributed by atoms with Gasteiger partial charge in [0, 0.05) is 13.0 Å². The molecular weight excluding hydrogens is 861 g/mol. The van der Waals surface area contributed by atoms with E-state index in [1.807, 2.05) is 0 Å². The average molecular weight is 963 g/mol. The second kappa shape index (κ2) is 41.6. The summed E-state index contributed by atoms with van der Waals surface area (Å²) >= 11 is 0. The van der Waals surface area contributed by atoms with Gasteiger partial charge in [-0.3, -0.25) is 4.79 Å². The van der Waals surface area contributed by atoms with Crippen LogP contribution in [0.25, 0.3) is 0 Å². The van der Waals surface area contributed by atoms with Crippen molar-refractivity contribution in [1.82, 2.24) is 0 Å². The van der Waals surface area contributed by atoms with Crippen molar-refractivity contribution in [2.75, 3.05) is 33.0 Å². The van der Waals surface area contributed by atoms with E-state index in [1.165, 1.54) is 167 Å². The number of carbonyl (C=O) groups is 1. The van der Waals surface area contributed by atoms with Gasteiger partial charge < -0.3 is 64.2 Å². The molecular formula is C53H102O14. The highest BCUT2D eigenvalue weighted by molar-refractivity contribution is 5.69. The summed E-state index contributed by atoms with van der Waals surface area (Å²) in [5, 5.41) is 72.2. The minimum absolute atomic E-state index is 0.0703. The van der Waals surface area contributed by atoms with E-state index in [4.69, 9.17) is 28.4 Å². The van der Waals surface area contributed by atoms with Crippen LogP contribution in [0.2, 0.25) is 0 Å². The first-order valence-electron chi connectivity index (χ1n) is 27.6. The van der Waals surface area contributed by atoms with Crippen molar-refractivity contribution in [3.63, 3.8) is 0 Å². The summed E-state index contributed by atoms with van der Waals surface area (Å²) in [5.74, 6) is -0.369. The van der Waals surface area contributed by atoms with E-state index in [9.17, 15) is 40.5 Å². The summed E-state index contributed by atoms with van der Waals surface area (Å²) in [7, 11) is 0. The third-order valence-electron chi connectivity index (χ3n) is 13.6. The van der Waals surface area contributed by atoms with Gasteiger partial charge in [-0.1, -0.05) is 213 Å². The van der Waals surface area contributed by atoms with Gasteiger partial charge in [0.25, 0.3) is 0 Å². The predicted molar refractivity (Wildman–Crippen MR) is 261 cm³/mol. The van der Waals surface area contributed by atoms with E-state index in [1.54, 1.807) is 0 Å². The minimum atomic E-state index is -1.70. The number of carbonyl (C=O) groups excluding carboxylic acids is 1. The van der Waals surface area contributed by atoms with Crippen LogP contribution in [0, 0.1) is 0 Å². The number of unbranched alkanes of at least 4 members (excludes halogenated alkanes) is 31. The SMILES string of the molecule is CCCCCCCCCCCCCCCCCCCCCCC(=O)OC(COCCCCCCCCCCCCCCC)COC1OC(COC2OC(CO)C(O)C(O)C2O)C(O)C(O)C1O. The molecule has 2 fully saturated rings. The lowest BCUT2D eigenvalue weighted by atomic mass is 9.98. The third kappa shape index (κ3) is 29.2. The van der Waals surface area contributed by atoms with Gasteiger partial charge in [0.15, 0.2) is 12.6 Å². The largest absolute Gasteiger partial charge is 0.457 e. The Morgan fingerprint density at radius 2 is 0.791 bits per heavy atom. The fourth-order valence-corrected chi connectivity index (χ4v) is 9.11. The molecule has 398 valence electrons. The van der Waals surface area contributed by atoms with Crippen molar-refractivity contribution in [3.8, 4) is 0 Å². The number of esters is 1. The summed E-state index contributed by atoms with van der Waals surface area (Å²) in [5.41, 5.74) is 0.